The third-order valence-corrected chi connectivity index (χ3v) is 4.22. The molecule has 2 rings (SSSR count). The van der Waals surface area contributed by atoms with Gasteiger partial charge in [0.05, 0.1) is 12.3 Å². The van der Waals surface area contributed by atoms with Gasteiger partial charge in [0.2, 0.25) is 5.91 Å². The van der Waals surface area contributed by atoms with E-state index in [1.807, 2.05) is 30.3 Å². The minimum absolute atomic E-state index is 0.0762. The average Bonchev–Trinajstić information content (AvgIpc) is 2.52. The number of thioether (sulfide) groups is 1. The molecule has 22 heavy (non-hydrogen) atoms. The van der Waals surface area contributed by atoms with Gasteiger partial charge in [-0.1, -0.05) is 30.3 Å². The van der Waals surface area contributed by atoms with Crippen LogP contribution in [0.4, 0.5) is 4.39 Å². The number of hydrogen-bond acceptors (Lipinski definition) is 3. The van der Waals surface area contributed by atoms with Crippen molar-refractivity contribution in [2.24, 2.45) is 0 Å². The number of halogens is 1. The Labute approximate surface area is 133 Å². The highest BCUT2D eigenvalue weighted by Crippen LogP contribution is 2.20. The van der Waals surface area contributed by atoms with Gasteiger partial charge in [0.15, 0.2) is 0 Å². The molecule has 0 aliphatic carbocycles. The van der Waals surface area contributed by atoms with Crippen LogP contribution in [-0.4, -0.2) is 23.3 Å². The zero-order chi connectivity index (χ0) is 16.0. The Morgan fingerprint density at radius 2 is 1.82 bits per heavy atom. The molecule has 0 radical (unpaired) electrons. The van der Waals surface area contributed by atoms with Crippen LogP contribution >= 0.6 is 11.8 Å². The summed E-state index contributed by atoms with van der Waals surface area (Å²) in [5.74, 6) is -0.233. The normalized spacial score (nSPS) is 13.4. The van der Waals surface area contributed by atoms with Gasteiger partial charge in [-0.25, -0.2) is 4.39 Å². The van der Waals surface area contributed by atoms with E-state index >= 15 is 0 Å². The van der Waals surface area contributed by atoms with Crippen LogP contribution in [0.5, 0.6) is 0 Å². The maximum absolute atomic E-state index is 12.9. The van der Waals surface area contributed by atoms with Gasteiger partial charge in [-0.3, -0.25) is 4.79 Å². The molecule has 3 nitrogen and oxygen atoms in total. The fraction of sp³-hybridized carbons (Fsp3) is 0.235. The molecular formula is C17H18FNO2S. The number of benzene rings is 2. The number of carbonyl (C=O) groups is 1. The Morgan fingerprint density at radius 3 is 2.45 bits per heavy atom. The lowest BCUT2D eigenvalue weighted by molar-refractivity contribution is -0.119. The molecule has 5 heteroatoms. The molecular weight excluding hydrogens is 301 g/mol. The quantitative estimate of drug-likeness (QED) is 0.805. The first-order valence-electron chi connectivity index (χ1n) is 6.90. The Balaban J connectivity index is 1.83. The van der Waals surface area contributed by atoms with Crippen LogP contribution in [0.2, 0.25) is 0 Å². The number of rotatable bonds is 6. The lowest BCUT2D eigenvalue weighted by Gasteiger charge is -2.24. The van der Waals surface area contributed by atoms with Crippen molar-refractivity contribution in [3.8, 4) is 0 Å². The molecule has 0 heterocycles. The molecule has 1 amide bonds. The van der Waals surface area contributed by atoms with E-state index in [0.717, 1.165) is 4.90 Å². The van der Waals surface area contributed by atoms with Crippen molar-refractivity contribution in [3.05, 3.63) is 66.0 Å². The summed E-state index contributed by atoms with van der Waals surface area (Å²) >= 11 is 1.43. The summed E-state index contributed by atoms with van der Waals surface area (Å²) in [6.45, 7) is 1.66. The molecule has 2 aromatic rings. The zero-order valence-corrected chi connectivity index (χ0v) is 13.1. The molecule has 0 bridgehead atoms. The van der Waals surface area contributed by atoms with Crippen molar-refractivity contribution >= 4 is 17.7 Å². The fourth-order valence-electron chi connectivity index (χ4n) is 1.90. The molecule has 116 valence electrons. The monoisotopic (exact) mass is 319 g/mol. The van der Waals surface area contributed by atoms with Gasteiger partial charge >= 0.3 is 0 Å². The van der Waals surface area contributed by atoms with Gasteiger partial charge in [-0.05, 0) is 36.8 Å². The molecule has 0 aliphatic heterocycles. The third kappa shape index (κ3) is 4.86. The van der Waals surface area contributed by atoms with Gasteiger partial charge < -0.3 is 10.4 Å². The van der Waals surface area contributed by atoms with E-state index in [-0.39, 0.29) is 24.0 Å². The summed E-state index contributed by atoms with van der Waals surface area (Å²) in [7, 11) is 0. The Bertz CT molecular complexity index is 614. The summed E-state index contributed by atoms with van der Waals surface area (Å²) in [5, 5.41) is 13.1. The third-order valence-electron chi connectivity index (χ3n) is 3.21. The SMILES string of the molecule is CC(O)(CNC(=O)CSc1ccccc1)c1ccc(F)cc1. The molecule has 1 unspecified atom stereocenters. The van der Waals surface area contributed by atoms with E-state index in [9.17, 15) is 14.3 Å². The molecule has 2 N–H and O–H groups in total. The summed E-state index contributed by atoms with van der Waals surface area (Å²) in [4.78, 5) is 12.9. The molecule has 2 aromatic carbocycles. The van der Waals surface area contributed by atoms with E-state index < -0.39 is 5.60 Å². The number of nitrogens with one attached hydrogen (secondary N) is 1. The highest BCUT2D eigenvalue weighted by Gasteiger charge is 2.23. The average molecular weight is 319 g/mol. The molecule has 0 fully saturated rings. The molecule has 0 spiro atoms. The van der Waals surface area contributed by atoms with Crippen LogP contribution in [0.1, 0.15) is 12.5 Å². The highest BCUT2D eigenvalue weighted by atomic mass is 32.2. The van der Waals surface area contributed by atoms with E-state index in [1.54, 1.807) is 6.92 Å². The largest absolute Gasteiger partial charge is 0.384 e. The first-order chi connectivity index (χ1) is 10.5. The zero-order valence-electron chi connectivity index (χ0n) is 12.3. The minimum atomic E-state index is -1.24. The minimum Gasteiger partial charge on any atom is -0.384 e. The van der Waals surface area contributed by atoms with Crippen molar-refractivity contribution in [1.29, 1.82) is 0 Å². The summed E-state index contributed by atoms with van der Waals surface area (Å²) < 4.78 is 12.9. The Morgan fingerprint density at radius 1 is 1.18 bits per heavy atom. The van der Waals surface area contributed by atoms with Crippen LogP contribution in [0.25, 0.3) is 0 Å². The Hall–Kier alpha value is -1.85. The lowest BCUT2D eigenvalue weighted by atomic mass is 9.96. The summed E-state index contributed by atoms with van der Waals surface area (Å²) in [6, 6.07) is 15.2. The lowest BCUT2D eigenvalue weighted by Crippen LogP contribution is -2.39. The van der Waals surface area contributed by atoms with E-state index in [2.05, 4.69) is 5.32 Å². The second kappa shape index (κ2) is 7.42. The predicted molar refractivity (Wildman–Crippen MR) is 86.1 cm³/mol. The number of aliphatic hydroxyl groups is 1. The maximum Gasteiger partial charge on any atom is 0.230 e. The van der Waals surface area contributed by atoms with Crippen LogP contribution in [0, 0.1) is 5.82 Å². The second-order valence-corrected chi connectivity index (χ2v) is 6.21. The van der Waals surface area contributed by atoms with Gasteiger partial charge in [0.1, 0.15) is 11.4 Å². The van der Waals surface area contributed by atoms with Crippen LogP contribution in [-0.2, 0) is 10.4 Å². The van der Waals surface area contributed by atoms with E-state index in [4.69, 9.17) is 0 Å². The number of amides is 1. The standard InChI is InChI=1S/C17H18FNO2S/c1-17(21,13-7-9-14(18)10-8-13)12-19-16(20)11-22-15-5-3-2-4-6-15/h2-10,21H,11-12H2,1H3,(H,19,20). The summed E-state index contributed by atoms with van der Waals surface area (Å²) in [5.41, 5.74) is -0.675. The molecule has 0 saturated heterocycles. The Kier molecular flexibility index (Phi) is 5.57. The van der Waals surface area contributed by atoms with E-state index in [0.29, 0.717) is 5.56 Å². The van der Waals surface area contributed by atoms with Crippen LogP contribution in [0.15, 0.2) is 59.5 Å². The van der Waals surface area contributed by atoms with Crippen molar-refractivity contribution in [3.63, 3.8) is 0 Å². The smallest absolute Gasteiger partial charge is 0.230 e. The maximum atomic E-state index is 12.9. The van der Waals surface area contributed by atoms with Crippen LogP contribution in [0.3, 0.4) is 0 Å². The van der Waals surface area contributed by atoms with Gasteiger partial charge in [-0.15, -0.1) is 11.8 Å². The molecule has 0 aromatic heterocycles. The molecule has 0 saturated carbocycles. The predicted octanol–water partition coefficient (Wildman–Crippen LogP) is 2.94. The molecule has 0 aliphatic rings. The highest BCUT2D eigenvalue weighted by molar-refractivity contribution is 8.00. The van der Waals surface area contributed by atoms with Crippen LogP contribution < -0.4 is 5.32 Å². The van der Waals surface area contributed by atoms with E-state index in [1.165, 1.54) is 36.0 Å². The number of hydrogen-bond donors (Lipinski definition) is 2. The van der Waals surface area contributed by atoms with Gasteiger partial charge in [-0.2, -0.15) is 0 Å². The van der Waals surface area contributed by atoms with Crippen molar-refractivity contribution in [2.45, 2.75) is 17.4 Å². The van der Waals surface area contributed by atoms with Crippen molar-refractivity contribution in [1.82, 2.24) is 5.32 Å². The topological polar surface area (TPSA) is 49.3 Å². The van der Waals surface area contributed by atoms with Crippen molar-refractivity contribution < 1.29 is 14.3 Å². The molecule has 1 atom stereocenters. The fourth-order valence-corrected chi connectivity index (χ4v) is 2.65. The van der Waals surface area contributed by atoms with Gasteiger partial charge in [0.25, 0.3) is 0 Å². The van der Waals surface area contributed by atoms with Gasteiger partial charge in [0, 0.05) is 4.90 Å². The summed E-state index contributed by atoms with van der Waals surface area (Å²) in [6.07, 6.45) is 0. The van der Waals surface area contributed by atoms with Crippen molar-refractivity contribution in [2.75, 3.05) is 12.3 Å². The number of carbonyl (C=O) groups excluding carboxylic acids is 1. The first-order valence-corrected chi connectivity index (χ1v) is 7.89. The first kappa shape index (κ1) is 16.5. The second-order valence-electron chi connectivity index (χ2n) is 5.16.